The highest BCUT2D eigenvalue weighted by Crippen LogP contribution is 2.22. The maximum Gasteiger partial charge on any atom is 0.237 e. The van der Waals surface area contributed by atoms with Crippen LogP contribution in [0.15, 0.2) is 12.2 Å². The van der Waals surface area contributed by atoms with Crippen molar-refractivity contribution in [2.75, 3.05) is 33.7 Å². The van der Waals surface area contributed by atoms with E-state index in [0.717, 1.165) is 12.1 Å². The van der Waals surface area contributed by atoms with Crippen LogP contribution in [-0.2, 0) is 4.79 Å². The quantitative estimate of drug-likeness (QED) is 0.724. The van der Waals surface area contributed by atoms with Gasteiger partial charge >= 0.3 is 0 Å². The van der Waals surface area contributed by atoms with Crippen LogP contribution in [-0.4, -0.2) is 61.5 Å². The molecule has 1 N–H and O–H groups in total. The number of amides is 1. The minimum atomic E-state index is 0.216. The van der Waals surface area contributed by atoms with E-state index in [4.69, 9.17) is 0 Å². The number of hydrogen-bond donors (Lipinski definition) is 1. The van der Waals surface area contributed by atoms with E-state index >= 15 is 0 Å². The molecule has 20 heavy (non-hydrogen) atoms. The molecule has 0 aliphatic heterocycles. The van der Waals surface area contributed by atoms with Gasteiger partial charge in [0.05, 0.1) is 6.54 Å². The smallest absolute Gasteiger partial charge is 0.237 e. The van der Waals surface area contributed by atoms with E-state index in [0.29, 0.717) is 25.2 Å². The van der Waals surface area contributed by atoms with Crippen LogP contribution in [0.3, 0.4) is 0 Å². The van der Waals surface area contributed by atoms with Crippen LogP contribution in [0.1, 0.15) is 39.5 Å². The van der Waals surface area contributed by atoms with Crippen molar-refractivity contribution in [3.05, 3.63) is 12.2 Å². The topological polar surface area (TPSA) is 35.6 Å². The summed E-state index contributed by atoms with van der Waals surface area (Å²) in [6, 6.07) is 1.21. The van der Waals surface area contributed by atoms with Crippen LogP contribution < -0.4 is 5.32 Å². The van der Waals surface area contributed by atoms with Gasteiger partial charge in [0.15, 0.2) is 0 Å². The summed E-state index contributed by atoms with van der Waals surface area (Å²) < 4.78 is 0. The average Bonchev–Trinajstić information content (AvgIpc) is 2.44. The Kier molecular flexibility index (Phi) is 7.24. The second-order valence-corrected chi connectivity index (χ2v) is 6.07. The second kappa shape index (κ2) is 8.42. The predicted octanol–water partition coefficient (Wildman–Crippen LogP) is 1.87. The summed E-state index contributed by atoms with van der Waals surface area (Å²) in [5, 5.41) is 3.35. The average molecular weight is 281 g/mol. The van der Waals surface area contributed by atoms with Gasteiger partial charge < -0.3 is 10.2 Å². The van der Waals surface area contributed by atoms with E-state index in [-0.39, 0.29) is 5.91 Å². The van der Waals surface area contributed by atoms with Crippen molar-refractivity contribution in [3.63, 3.8) is 0 Å². The SMILES string of the molecule is C=C(C)CN(CC)C(=O)CN(C)C1CCC(NC)CC1. The van der Waals surface area contributed by atoms with E-state index in [1.807, 2.05) is 25.8 Å². The van der Waals surface area contributed by atoms with Gasteiger partial charge in [-0.25, -0.2) is 0 Å². The highest BCUT2D eigenvalue weighted by Gasteiger charge is 2.25. The summed E-state index contributed by atoms with van der Waals surface area (Å²) in [5.41, 5.74) is 1.04. The number of carbonyl (C=O) groups excluding carboxylic acids is 1. The van der Waals surface area contributed by atoms with Crippen molar-refractivity contribution in [3.8, 4) is 0 Å². The van der Waals surface area contributed by atoms with Crippen molar-refractivity contribution >= 4 is 5.91 Å². The molecule has 1 rings (SSSR count). The molecule has 1 saturated carbocycles. The van der Waals surface area contributed by atoms with E-state index in [1.54, 1.807) is 0 Å². The third-order valence-corrected chi connectivity index (χ3v) is 4.31. The molecular weight excluding hydrogens is 250 g/mol. The summed E-state index contributed by atoms with van der Waals surface area (Å²) in [7, 11) is 4.12. The number of carbonyl (C=O) groups is 1. The molecule has 0 unspecified atom stereocenters. The number of nitrogens with zero attached hydrogens (tertiary/aromatic N) is 2. The van der Waals surface area contributed by atoms with Gasteiger partial charge in [-0.05, 0) is 53.6 Å². The lowest BCUT2D eigenvalue weighted by Gasteiger charge is -2.35. The highest BCUT2D eigenvalue weighted by atomic mass is 16.2. The summed E-state index contributed by atoms with van der Waals surface area (Å²) in [5.74, 6) is 0.216. The summed E-state index contributed by atoms with van der Waals surface area (Å²) in [4.78, 5) is 16.4. The lowest BCUT2D eigenvalue weighted by Crippen LogP contribution is -2.45. The maximum absolute atomic E-state index is 12.3. The summed E-state index contributed by atoms with van der Waals surface area (Å²) in [6.07, 6.45) is 4.79. The Morgan fingerprint density at radius 3 is 2.30 bits per heavy atom. The third kappa shape index (κ3) is 5.25. The molecule has 1 amide bonds. The van der Waals surface area contributed by atoms with Crippen molar-refractivity contribution in [1.29, 1.82) is 0 Å². The van der Waals surface area contributed by atoms with E-state index in [2.05, 4.69) is 23.8 Å². The molecule has 1 aliphatic carbocycles. The molecule has 4 heteroatoms. The molecule has 0 saturated heterocycles. The summed E-state index contributed by atoms with van der Waals surface area (Å²) >= 11 is 0. The fraction of sp³-hybridized carbons (Fsp3) is 0.812. The van der Waals surface area contributed by atoms with Crippen LogP contribution in [0.4, 0.5) is 0 Å². The number of likely N-dealkylation sites (N-methyl/N-ethyl adjacent to an activating group) is 2. The normalized spacial score (nSPS) is 22.9. The van der Waals surface area contributed by atoms with Crippen molar-refractivity contribution < 1.29 is 4.79 Å². The van der Waals surface area contributed by atoms with Gasteiger partial charge in [0.2, 0.25) is 5.91 Å². The number of hydrogen-bond acceptors (Lipinski definition) is 3. The van der Waals surface area contributed by atoms with Gasteiger partial charge in [-0.15, -0.1) is 0 Å². The zero-order valence-electron chi connectivity index (χ0n) is 13.6. The first-order chi connectivity index (χ1) is 9.47. The number of rotatable bonds is 7. The van der Waals surface area contributed by atoms with Crippen LogP contribution in [0.5, 0.6) is 0 Å². The minimum Gasteiger partial charge on any atom is -0.338 e. The molecule has 0 aromatic carbocycles. The lowest BCUT2D eigenvalue weighted by molar-refractivity contribution is -0.132. The van der Waals surface area contributed by atoms with Crippen molar-refractivity contribution in [2.45, 2.75) is 51.6 Å². The fourth-order valence-corrected chi connectivity index (χ4v) is 2.95. The molecule has 0 bridgehead atoms. The summed E-state index contributed by atoms with van der Waals surface area (Å²) in [6.45, 7) is 9.85. The standard InChI is InChI=1S/C16H31N3O/c1-6-19(11-13(2)3)16(20)12-18(5)15-9-7-14(17-4)8-10-15/h14-15,17H,2,6-12H2,1,3-5H3. The Hall–Kier alpha value is -0.870. The van der Waals surface area contributed by atoms with Crippen molar-refractivity contribution in [1.82, 2.24) is 15.1 Å². The first kappa shape index (κ1) is 17.2. The molecule has 116 valence electrons. The highest BCUT2D eigenvalue weighted by molar-refractivity contribution is 5.78. The van der Waals surface area contributed by atoms with E-state index in [1.165, 1.54) is 25.7 Å². The molecule has 0 heterocycles. The lowest BCUT2D eigenvalue weighted by atomic mass is 9.90. The van der Waals surface area contributed by atoms with Crippen LogP contribution in [0.25, 0.3) is 0 Å². The molecule has 1 aliphatic rings. The van der Waals surface area contributed by atoms with Gasteiger partial charge in [0, 0.05) is 25.2 Å². The van der Waals surface area contributed by atoms with E-state index < -0.39 is 0 Å². The first-order valence-electron chi connectivity index (χ1n) is 7.77. The Morgan fingerprint density at radius 1 is 1.25 bits per heavy atom. The van der Waals surface area contributed by atoms with Gasteiger partial charge in [0.1, 0.15) is 0 Å². The minimum absolute atomic E-state index is 0.216. The Morgan fingerprint density at radius 2 is 1.85 bits per heavy atom. The van der Waals surface area contributed by atoms with Gasteiger partial charge in [0.25, 0.3) is 0 Å². The zero-order chi connectivity index (χ0) is 15.1. The molecule has 0 aromatic rings. The molecule has 4 nitrogen and oxygen atoms in total. The second-order valence-electron chi connectivity index (χ2n) is 6.07. The van der Waals surface area contributed by atoms with Gasteiger partial charge in [-0.3, -0.25) is 9.69 Å². The van der Waals surface area contributed by atoms with Crippen molar-refractivity contribution in [2.24, 2.45) is 0 Å². The molecule has 0 radical (unpaired) electrons. The zero-order valence-corrected chi connectivity index (χ0v) is 13.6. The fourth-order valence-electron chi connectivity index (χ4n) is 2.95. The Labute approximate surface area is 124 Å². The van der Waals surface area contributed by atoms with Crippen LogP contribution >= 0.6 is 0 Å². The molecule has 0 aromatic heterocycles. The van der Waals surface area contributed by atoms with Gasteiger partial charge in [-0.1, -0.05) is 12.2 Å². The monoisotopic (exact) mass is 281 g/mol. The molecular formula is C16H31N3O. The predicted molar refractivity (Wildman–Crippen MR) is 84.8 cm³/mol. The molecule has 0 spiro atoms. The molecule has 1 fully saturated rings. The Bertz CT molecular complexity index is 322. The first-order valence-corrected chi connectivity index (χ1v) is 7.77. The van der Waals surface area contributed by atoms with Crippen LogP contribution in [0, 0.1) is 0 Å². The van der Waals surface area contributed by atoms with Crippen LogP contribution in [0.2, 0.25) is 0 Å². The van der Waals surface area contributed by atoms with E-state index in [9.17, 15) is 4.79 Å². The van der Waals surface area contributed by atoms with Gasteiger partial charge in [-0.2, -0.15) is 0 Å². The third-order valence-electron chi connectivity index (χ3n) is 4.31. The number of nitrogens with one attached hydrogen (secondary N) is 1. The maximum atomic E-state index is 12.3. The largest absolute Gasteiger partial charge is 0.338 e. The molecule has 0 atom stereocenters. The Balaban J connectivity index is 2.42.